The number of carbonyl (C=O) groups excluding carboxylic acids is 2. The SMILES string of the molecule is O=C(CCc1ccccc1Cl)N1CCCN(C(=O)c2ccccc2F)CC1. The first-order chi connectivity index (χ1) is 13.1. The fourth-order valence-electron chi connectivity index (χ4n) is 3.28. The normalized spacial score (nSPS) is 14.7. The highest BCUT2D eigenvalue weighted by Gasteiger charge is 2.24. The number of aryl methyl sites for hydroxylation is 1. The molecule has 3 rings (SSSR count). The second-order valence-electron chi connectivity index (χ2n) is 6.60. The van der Waals surface area contributed by atoms with Crippen LogP contribution >= 0.6 is 11.6 Å². The van der Waals surface area contributed by atoms with Gasteiger partial charge in [-0.1, -0.05) is 41.9 Å². The van der Waals surface area contributed by atoms with Crippen LogP contribution in [0.25, 0.3) is 0 Å². The first kappa shape index (κ1) is 19.4. The summed E-state index contributed by atoms with van der Waals surface area (Å²) in [4.78, 5) is 28.5. The minimum absolute atomic E-state index is 0.0510. The molecule has 1 saturated heterocycles. The van der Waals surface area contributed by atoms with E-state index >= 15 is 0 Å². The predicted octanol–water partition coefficient (Wildman–Crippen LogP) is 3.79. The molecule has 0 atom stereocenters. The van der Waals surface area contributed by atoms with E-state index in [1.165, 1.54) is 12.1 Å². The predicted molar refractivity (Wildman–Crippen MR) is 103 cm³/mol. The lowest BCUT2D eigenvalue weighted by Crippen LogP contribution is -2.37. The van der Waals surface area contributed by atoms with Crippen molar-refractivity contribution in [1.29, 1.82) is 0 Å². The van der Waals surface area contributed by atoms with Crippen LogP contribution in [0.15, 0.2) is 48.5 Å². The molecule has 2 amide bonds. The third kappa shape index (κ3) is 4.86. The summed E-state index contributed by atoms with van der Waals surface area (Å²) in [5.74, 6) is -0.784. The summed E-state index contributed by atoms with van der Waals surface area (Å²) in [5.41, 5.74) is 1.04. The van der Waals surface area contributed by atoms with Gasteiger partial charge in [0.25, 0.3) is 5.91 Å². The number of nitrogens with zero attached hydrogens (tertiary/aromatic N) is 2. The van der Waals surface area contributed by atoms with Crippen LogP contribution in [0.2, 0.25) is 5.02 Å². The molecule has 1 aliphatic heterocycles. The van der Waals surface area contributed by atoms with Crippen molar-refractivity contribution in [2.24, 2.45) is 0 Å². The zero-order chi connectivity index (χ0) is 19.2. The summed E-state index contributed by atoms with van der Waals surface area (Å²) in [7, 11) is 0. The van der Waals surface area contributed by atoms with Crippen LogP contribution in [-0.4, -0.2) is 47.8 Å². The van der Waals surface area contributed by atoms with E-state index in [0.717, 1.165) is 5.56 Å². The maximum atomic E-state index is 13.9. The molecule has 0 radical (unpaired) electrons. The van der Waals surface area contributed by atoms with Gasteiger partial charge in [-0.25, -0.2) is 4.39 Å². The Morgan fingerprint density at radius 1 is 0.926 bits per heavy atom. The van der Waals surface area contributed by atoms with Gasteiger partial charge in [0.2, 0.25) is 5.91 Å². The monoisotopic (exact) mass is 388 g/mol. The second kappa shape index (κ2) is 9.00. The molecule has 0 aliphatic carbocycles. The van der Waals surface area contributed by atoms with Gasteiger partial charge >= 0.3 is 0 Å². The summed E-state index contributed by atoms with van der Waals surface area (Å²) in [6, 6.07) is 13.5. The van der Waals surface area contributed by atoms with Crippen molar-refractivity contribution in [2.75, 3.05) is 26.2 Å². The summed E-state index contributed by atoms with van der Waals surface area (Å²) in [6.45, 7) is 1.98. The van der Waals surface area contributed by atoms with E-state index in [2.05, 4.69) is 0 Å². The van der Waals surface area contributed by atoms with E-state index in [1.807, 2.05) is 24.3 Å². The summed E-state index contributed by atoms with van der Waals surface area (Å²) in [5, 5.41) is 0.669. The maximum Gasteiger partial charge on any atom is 0.256 e. The van der Waals surface area contributed by atoms with E-state index in [4.69, 9.17) is 11.6 Å². The first-order valence-electron chi connectivity index (χ1n) is 9.11. The first-order valence-corrected chi connectivity index (χ1v) is 9.49. The van der Waals surface area contributed by atoms with Gasteiger partial charge in [-0.3, -0.25) is 9.59 Å². The molecule has 6 heteroatoms. The summed E-state index contributed by atoms with van der Waals surface area (Å²) < 4.78 is 13.9. The number of benzene rings is 2. The molecule has 1 fully saturated rings. The smallest absolute Gasteiger partial charge is 0.256 e. The lowest BCUT2D eigenvalue weighted by atomic mass is 10.1. The van der Waals surface area contributed by atoms with Gasteiger partial charge in [-0.2, -0.15) is 0 Å². The summed E-state index contributed by atoms with van der Waals surface area (Å²) in [6.07, 6.45) is 1.65. The number of hydrogen-bond donors (Lipinski definition) is 0. The molecule has 1 heterocycles. The second-order valence-corrected chi connectivity index (χ2v) is 7.00. The maximum absolute atomic E-state index is 13.9. The minimum atomic E-state index is -0.514. The molecule has 2 aromatic carbocycles. The number of rotatable bonds is 4. The Morgan fingerprint density at radius 2 is 1.59 bits per heavy atom. The third-order valence-corrected chi connectivity index (χ3v) is 5.17. The Balaban J connectivity index is 1.56. The highest BCUT2D eigenvalue weighted by atomic mass is 35.5. The van der Waals surface area contributed by atoms with Gasteiger partial charge in [-0.15, -0.1) is 0 Å². The average molecular weight is 389 g/mol. The Labute approximate surface area is 163 Å². The molecule has 0 unspecified atom stereocenters. The van der Waals surface area contributed by atoms with Gasteiger partial charge in [0.1, 0.15) is 5.82 Å². The molecule has 0 N–H and O–H groups in total. The molecule has 4 nitrogen and oxygen atoms in total. The van der Waals surface area contributed by atoms with Crippen LogP contribution in [-0.2, 0) is 11.2 Å². The minimum Gasteiger partial charge on any atom is -0.341 e. The molecule has 1 aliphatic rings. The Hall–Kier alpha value is -2.40. The van der Waals surface area contributed by atoms with Crippen LogP contribution in [0.5, 0.6) is 0 Å². The molecule has 0 aromatic heterocycles. The quantitative estimate of drug-likeness (QED) is 0.799. The lowest BCUT2D eigenvalue weighted by molar-refractivity contribution is -0.131. The molecule has 0 spiro atoms. The molecule has 142 valence electrons. The Bertz CT molecular complexity index is 827. The van der Waals surface area contributed by atoms with E-state index in [0.29, 0.717) is 50.5 Å². The Morgan fingerprint density at radius 3 is 2.37 bits per heavy atom. The number of carbonyl (C=O) groups is 2. The van der Waals surface area contributed by atoms with E-state index in [9.17, 15) is 14.0 Å². The molecule has 2 aromatic rings. The molecule has 0 bridgehead atoms. The number of amides is 2. The molecular weight excluding hydrogens is 367 g/mol. The fourth-order valence-corrected chi connectivity index (χ4v) is 3.51. The number of hydrogen-bond acceptors (Lipinski definition) is 2. The lowest BCUT2D eigenvalue weighted by Gasteiger charge is -2.22. The van der Waals surface area contributed by atoms with Gasteiger partial charge < -0.3 is 9.80 Å². The van der Waals surface area contributed by atoms with Crippen LogP contribution in [0.3, 0.4) is 0 Å². The van der Waals surface area contributed by atoms with Gasteiger partial charge in [0.05, 0.1) is 5.56 Å². The van der Waals surface area contributed by atoms with E-state index < -0.39 is 5.82 Å². The van der Waals surface area contributed by atoms with Crippen LogP contribution in [0.1, 0.15) is 28.8 Å². The topological polar surface area (TPSA) is 40.6 Å². The van der Waals surface area contributed by atoms with E-state index in [-0.39, 0.29) is 17.4 Å². The molecule has 27 heavy (non-hydrogen) atoms. The zero-order valence-electron chi connectivity index (χ0n) is 15.0. The number of halogens is 2. The third-order valence-electron chi connectivity index (χ3n) is 4.81. The summed E-state index contributed by atoms with van der Waals surface area (Å²) >= 11 is 6.14. The van der Waals surface area contributed by atoms with Crippen molar-refractivity contribution in [3.8, 4) is 0 Å². The molecule has 0 saturated carbocycles. The standard InChI is InChI=1S/C21H22ClFN2O2/c22-18-8-3-1-6-16(18)10-11-20(26)24-12-5-13-25(15-14-24)21(27)17-7-2-4-9-19(17)23/h1-4,6-9H,5,10-15H2. The van der Waals surface area contributed by atoms with Crippen LogP contribution < -0.4 is 0 Å². The van der Waals surface area contributed by atoms with Crippen molar-refractivity contribution in [2.45, 2.75) is 19.3 Å². The van der Waals surface area contributed by atoms with Gasteiger partial charge in [0.15, 0.2) is 0 Å². The molecular formula is C21H22ClFN2O2. The van der Waals surface area contributed by atoms with Crippen molar-refractivity contribution in [3.05, 3.63) is 70.5 Å². The van der Waals surface area contributed by atoms with Crippen molar-refractivity contribution in [3.63, 3.8) is 0 Å². The Kier molecular flexibility index (Phi) is 6.45. The van der Waals surface area contributed by atoms with E-state index in [1.54, 1.807) is 21.9 Å². The average Bonchev–Trinajstić information content (AvgIpc) is 2.93. The van der Waals surface area contributed by atoms with Crippen molar-refractivity contribution in [1.82, 2.24) is 9.80 Å². The van der Waals surface area contributed by atoms with Crippen LogP contribution in [0.4, 0.5) is 4.39 Å². The largest absolute Gasteiger partial charge is 0.341 e. The van der Waals surface area contributed by atoms with Crippen molar-refractivity contribution < 1.29 is 14.0 Å². The van der Waals surface area contributed by atoms with Crippen molar-refractivity contribution >= 4 is 23.4 Å². The fraction of sp³-hybridized carbons (Fsp3) is 0.333. The van der Waals surface area contributed by atoms with Gasteiger partial charge in [-0.05, 0) is 36.6 Å². The highest BCUT2D eigenvalue weighted by Crippen LogP contribution is 2.18. The highest BCUT2D eigenvalue weighted by molar-refractivity contribution is 6.31. The zero-order valence-corrected chi connectivity index (χ0v) is 15.8. The van der Waals surface area contributed by atoms with Crippen LogP contribution in [0, 0.1) is 5.82 Å². The van der Waals surface area contributed by atoms with Gasteiger partial charge in [0, 0.05) is 37.6 Å².